The van der Waals surface area contributed by atoms with Gasteiger partial charge in [0.1, 0.15) is 18.1 Å². The Morgan fingerprint density at radius 2 is 1.58 bits per heavy atom. The lowest BCUT2D eigenvalue weighted by molar-refractivity contribution is -0.128. The number of carbonyl (C=O) groups excluding carboxylic acids is 1. The number of halogens is 2. The van der Waals surface area contributed by atoms with Gasteiger partial charge in [-0.2, -0.15) is 0 Å². The van der Waals surface area contributed by atoms with E-state index in [-0.39, 0.29) is 17.1 Å². The largest absolute Gasteiger partial charge is 0.494 e. The Balaban J connectivity index is 1.89. The monoisotopic (exact) mass is 490 g/mol. The number of hydrogen-bond acceptors (Lipinski definition) is 4. The molecule has 0 bridgehead atoms. The summed E-state index contributed by atoms with van der Waals surface area (Å²) in [7, 11) is -2.55. The number of amides is 1. The first kappa shape index (κ1) is 24.5. The van der Waals surface area contributed by atoms with Gasteiger partial charge in [-0.15, -0.1) is 0 Å². The Kier molecular flexibility index (Phi) is 7.94. The van der Waals surface area contributed by atoms with E-state index in [1.165, 1.54) is 17.0 Å². The molecule has 0 fully saturated rings. The van der Waals surface area contributed by atoms with Gasteiger partial charge >= 0.3 is 0 Å². The Labute approximate surface area is 198 Å². The van der Waals surface area contributed by atoms with Gasteiger partial charge < -0.3 is 9.64 Å². The molecule has 0 saturated carbocycles. The highest BCUT2D eigenvalue weighted by molar-refractivity contribution is 7.92. The van der Waals surface area contributed by atoms with Crippen LogP contribution in [-0.2, 0) is 21.4 Å². The van der Waals surface area contributed by atoms with Crippen LogP contribution in [0.3, 0.4) is 0 Å². The minimum absolute atomic E-state index is 0.120. The van der Waals surface area contributed by atoms with Crippen LogP contribution in [0.2, 0.25) is 5.02 Å². The van der Waals surface area contributed by atoms with Crippen molar-refractivity contribution in [3.8, 4) is 5.75 Å². The minimum Gasteiger partial charge on any atom is -0.494 e. The summed E-state index contributed by atoms with van der Waals surface area (Å²) in [6.07, 6.45) is 0. The second kappa shape index (κ2) is 10.7. The summed E-state index contributed by atoms with van der Waals surface area (Å²) in [6, 6.07) is 17.9. The highest BCUT2D eigenvalue weighted by Gasteiger charge is 2.28. The SMILES string of the molecule is CCOc1ccc(N(CC(=O)N(C)Cc2ccc(Cl)cc2)S(=O)(=O)c2ccc(F)cc2)cc1. The molecular weight excluding hydrogens is 467 g/mol. The lowest BCUT2D eigenvalue weighted by Gasteiger charge is -2.27. The summed E-state index contributed by atoms with van der Waals surface area (Å²) >= 11 is 5.91. The Hall–Kier alpha value is -3.10. The number of likely N-dealkylation sites (N-methyl/N-ethyl adjacent to an activating group) is 1. The van der Waals surface area contributed by atoms with Gasteiger partial charge in [0, 0.05) is 18.6 Å². The Bertz CT molecular complexity index is 1180. The van der Waals surface area contributed by atoms with Crippen LogP contribution in [0.25, 0.3) is 0 Å². The molecule has 1 amide bonds. The van der Waals surface area contributed by atoms with Crippen molar-refractivity contribution < 1.29 is 22.3 Å². The molecule has 174 valence electrons. The van der Waals surface area contributed by atoms with Crippen molar-refractivity contribution in [2.45, 2.75) is 18.4 Å². The summed E-state index contributed by atoms with van der Waals surface area (Å²) in [5.74, 6) is -0.392. The minimum atomic E-state index is -4.14. The van der Waals surface area contributed by atoms with Crippen molar-refractivity contribution in [1.82, 2.24) is 4.90 Å². The van der Waals surface area contributed by atoms with Crippen LogP contribution < -0.4 is 9.04 Å². The average Bonchev–Trinajstić information content (AvgIpc) is 2.80. The predicted octanol–water partition coefficient (Wildman–Crippen LogP) is 4.73. The van der Waals surface area contributed by atoms with Gasteiger partial charge in [0.25, 0.3) is 10.0 Å². The zero-order valence-corrected chi connectivity index (χ0v) is 19.8. The molecule has 3 aromatic rings. The lowest BCUT2D eigenvalue weighted by atomic mass is 10.2. The third-order valence-electron chi connectivity index (χ3n) is 4.87. The van der Waals surface area contributed by atoms with Gasteiger partial charge in [-0.1, -0.05) is 23.7 Å². The summed E-state index contributed by atoms with van der Waals surface area (Å²) in [6.45, 7) is 2.15. The van der Waals surface area contributed by atoms with Crippen LogP contribution in [0.15, 0.2) is 77.7 Å². The van der Waals surface area contributed by atoms with Gasteiger partial charge in [0.05, 0.1) is 17.2 Å². The number of rotatable bonds is 9. The topological polar surface area (TPSA) is 66.9 Å². The molecule has 0 aliphatic carbocycles. The highest BCUT2D eigenvalue weighted by atomic mass is 35.5. The fourth-order valence-corrected chi connectivity index (χ4v) is 4.66. The highest BCUT2D eigenvalue weighted by Crippen LogP contribution is 2.26. The van der Waals surface area contributed by atoms with Crippen LogP contribution in [0, 0.1) is 5.82 Å². The maximum Gasteiger partial charge on any atom is 0.264 e. The molecule has 0 atom stereocenters. The van der Waals surface area contributed by atoms with Gasteiger partial charge in [-0.05, 0) is 73.2 Å². The number of nitrogens with zero attached hydrogens (tertiary/aromatic N) is 2. The molecule has 3 rings (SSSR count). The van der Waals surface area contributed by atoms with Crippen molar-refractivity contribution in [2.24, 2.45) is 0 Å². The first-order valence-corrected chi connectivity index (χ1v) is 12.0. The molecule has 3 aromatic carbocycles. The molecule has 0 unspecified atom stereocenters. The number of benzene rings is 3. The average molecular weight is 491 g/mol. The van der Waals surface area contributed by atoms with E-state index in [4.69, 9.17) is 16.3 Å². The Morgan fingerprint density at radius 1 is 0.970 bits per heavy atom. The fraction of sp³-hybridized carbons (Fsp3) is 0.208. The molecule has 0 N–H and O–H groups in total. The smallest absolute Gasteiger partial charge is 0.264 e. The summed E-state index contributed by atoms with van der Waals surface area (Å²) < 4.78 is 46.6. The number of anilines is 1. The van der Waals surface area contributed by atoms with Crippen molar-refractivity contribution in [3.05, 3.63) is 89.2 Å². The molecule has 0 aliphatic rings. The predicted molar refractivity (Wildman–Crippen MR) is 126 cm³/mol. The zero-order chi connectivity index (χ0) is 24.0. The van der Waals surface area contributed by atoms with Crippen molar-refractivity contribution in [3.63, 3.8) is 0 Å². The number of hydrogen-bond donors (Lipinski definition) is 0. The van der Waals surface area contributed by atoms with E-state index in [9.17, 15) is 17.6 Å². The molecule has 0 aromatic heterocycles. The quantitative estimate of drug-likeness (QED) is 0.435. The molecule has 9 heteroatoms. The normalized spacial score (nSPS) is 11.2. The standard InChI is InChI=1S/C24H24ClFN2O4S/c1-3-32-22-12-10-21(11-13-22)28(33(30,31)23-14-8-20(26)9-15-23)17-24(29)27(2)16-18-4-6-19(25)7-5-18/h4-15H,3,16-17H2,1-2H3. The van der Waals surface area contributed by atoms with E-state index < -0.39 is 28.3 Å². The first-order valence-electron chi connectivity index (χ1n) is 10.2. The van der Waals surface area contributed by atoms with Crippen molar-refractivity contribution in [2.75, 3.05) is 24.5 Å². The second-order valence-corrected chi connectivity index (χ2v) is 9.57. The summed E-state index contributed by atoms with van der Waals surface area (Å²) in [5, 5.41) is 0.583. The van der Waals surface area contributed by atoms with Gasteiger partial charge in [0.2, 0.25) is 5.91 Å². The summed E-state index contributed by atoms with van der Waals surface area (Å²) in [4.78, 5) is 14.3. The van der Waals surface area contributed by atoms with Crippen molar-refractivity contribution >= 4 is 33.2 Å². The van der Waals surface area contributed by atoms with Crippen LogP contribution in [0.1, 0.15) is 12.5 Å². The first-order chi connectivity index (χ1) is 15.7. The van der Waals surface area contributed by atoms with E-state index in [1.807, 2.05) is 6.92 Å². The van der Waals surface area contributed by atoms with Gasteiger partial charge in [-0.3, -0.25) is 9.10 Å². The van der Waals surface area contributed by atoms with Crippen LogP contribution in [0.4, 0.5) is 10.1 Å². The fourth-order valence-electron chi connectivity index (χ4n) is 3.12. The maximum absolute atomic E-state index is 13.4. The second-order valence-electron chi connectivity index (χ2n) is 7.27. The Morgan fingerprint density at radius 3 is 2.15 bits per heavy atom. The molecule has 0 heterocycles. The van der Waals surface area contributed by atoms with Gasteiger partial charge in [-0.25, -0.2) is 12.8 Å². The maximum atomic E-state index is 13.4. The van der Waals surface area contributed by atoms with E-state index in [1.54, 1.807) is 55.6 Å². The zero-order valence-electron chi connectivity index (χ0n) is 18.2. The van der Waals surface area contributed by atoms with E-state index in [0.717, 1.165) is 22.0 Å². The van der Waals surface area contributed by atoms with E-state index >= 15 is 0 Å². The van der Waals surface area contributed by atoms with E-state index in [2.05, 4.69) is 0 Å². The van der Waals surface area contributed by atoms with Gasteiger partial charge in [0.15, 0.2) is 0 Å². The third-order valence-corrected chi connectivity index (χ3v) is 6.92. The number of sulfonamides is 1. The molecule has 0 radical (unpaired) electrons. The molecule has 0 saturated heterocycles. The number of carbonyl (C=O) groups is 1. The third kappa shape index (κ3) is 6.24. The molecular formula is C24H24ClFN2O4S. The summed E-state index contributed by atoms with van der Waals surface area (Å²) in [5.41, 5.74) is 1.14. The van der Waals surface area contributed by atoms with Crippen LogP contribution >= 0.6 is 11.6 Å². The molecule has 0 spiro atoms. The number of ether oxygens (including phenoxy) is 1. The molecule has 6 nitrogen and oxygen atoms in total. The molecule has 33 heavy (non-hydrogen) atoms. The van der Waals surface area contributed by atoms with Crippen LogP contribution in [-0.4, -0.2) is 39.4 Å². The van der Waals surface area contributed by atoms with Crippen molar-refractivity contribution in [1.29, 1.82) is 0 Å². The van der Waals surface area contributed by atoms with E-state index in [0.29, 0.717) is 17.4 Å². The lowest BCUT2D eigenvalue weighted by Crippen LogP contribution is -2.41. The molecule has 0 aliphatic heterocycles. The van der Waals surface area contributed by atoms with Crippen LogP contribution in [0.5, 0.6) is 5.75 Å².